The Bertz CT molecular complexity index is 441. The van der Waals surface area contributed by atoms with Crippen LogP contribution in [0.1, 0.15) is 19.3 Å². The van der Waals surface area contributed by atoms with Gasteiger partial charge in [-0.25, -0.2) is 0 Å². The second-order valence-electron chi connectivity index (χ2n) is 4.84. The molecule has 1 saturated heterocycles. The van der Waals surface area contributed by atoms with Gasteiger partial charge in [0.05, 0.1) is 24.0 Å². The average Bonchev–Trinajstić information content (AvgIpc) is 2.91. The van der Waals surface area contributed by atoms with Crippen molar-refractivity contribution in [3.05, 3.63) is 24.3 Å². The van der Waals surface area contributed by atoms with Crippen LogP contribution in [-0.2, 0) is 9.53 Å². The number of ether oxygens (including phenoxy) is 1. The Labute approximate surface area is 107 Å². The van der Waals surface area contributed by atoms with Crippen LogP contribution >= 0.6 is 0 Å². The Morgan fingerprint density at radius 1 is 1.39 bits per heavy atom. The summed E-state index contributed by atoms with van der Waals surface area (Å²) in [6.07, 6.45) is 3.54. The minimum Gasteiger partial charge on any atom is -0.378 e. The van der Waals surface area contributed by atoms with Crippen molar-refractivity contribution in [2.75, 3.05) is 29.9 Å². The lowest BCUT2D eigenvalue weighted by Crippen LogP contribution is -2.41. The predicted molar refractivity (Wildman–Crippen MR) is 70.9 cm³/mol. The first-order chi connectivity index (χ1) is 8.84. The van der Waals surface area contributed by atoms with Crippen LogP contribution in [0.15, 0.2) is 24.3 Å². The van der Waals surface area contributed by atoms with Gasteiger partial charge >= 0.3 is 0 Å². The van der Waals surface area contributed by atoms with E-state index in [1.54, 1.807) is 0 Å². The van der Waals surface area contributed by atoms with Gasteiger partial charge in [-0.3, -0.25) is 4.79 Å². The minimum atomic E-state index is 0.145. The lowest BCUT2D eigenvalue weighted by atomic mass is 10.1. The zero-order chi connectivity index (χ0) is 12.4. The van der Waals surface area contributed by atoms with Crippen molar-refractivity contribution < 1.29 is 9.53 Å². The highest BCUT2D eigenvalue weighted by Crippen LogP contribution is 2.29. The molecule has 1 N–H and O–H groups in total. The topological polar surface area (TPSA) is 41.6 Å². The van der Waals surface area contributed by atoms with Crippen LogP contribution in [0.3, 0.4) is 0 Å². The van der Waals surface area contributed by atoms with E-state index < -0.39 is 0 Å². The van der Waals surface area contributed by atoms with E-state index >= 15 is 0 Å². The Morgan fingerprint density at radius 3 is 3.11 bits per heavy atom. The molecule has 0 spiro atoms. The van der Waals surface area contributed by atoms with E-state index in [0.717, 1.165) is 43.8 Å². The van der Waals surface area contributed by atoms with Crippen molar-refractivity contribution in [1.82, 2.24) is 0 Å². The van der Waals surface area contributed by atoms with Crippen LogP contribution in [0.4, 0.5) is 11.4 Å². The van der Waals surface area contributed by atoms with Gasteiger partial charge in [0.25, 0.3) is 0 Å². The summed E-state index contributed by atoms with van der Waals surface area (Å²) >= 11 is 0. The molecule has 2 aliphatic heterocycles. The largest absolute Gasteiger partial charge is 0.378 e. The maximum atomic E-state index is 12.0. The molecule has 4 nitrogen and oxygen atoms in total. The Kier molecular flexibility index (Phi) is 3.19. The number of nitrogens with zero attached hydrogens (tertiary/aromatic N) is 1. The van der Waals surface area contributed by atoms with Crippen LogP contribution in [0.5, 0.6) is 0 Å². The van der Waals surface area contributed by atoms with Gasteiger partial charge in [0, 0.05) is 13.2 Å². The first-order valence-electron chi connectivity index (χ1n) is 6.59. The molecule has 0 saturated carbocycles. The van der Waals surface area contributed by atoms with Crippen molar-refractivity contribution in [1.29, 1.82) is 0 Å². The van der Waals surface area contributed by atoms with Crippen molar-refractivity contribution in [2.24, 2.45) is 0 Å². The fourth-order valence-electron chi connectivity index (χ4n) is 2.65. The summed E-state index contributed by atoms with van der Waals surface area (Å²) in [5.74, 6) is 0.145. The third kappa shape index (κ3) is 2.20. The molecule has 96 valence electrons. The van der Waals surface area contributed by atoms with Crippen molar-refractivity contribution >= 4 is 17.3 Å². The van der Waals surface area contributed by atoms with Gasteiger partial charge in [-0.2, -0.15) is 0 Å². The van der Waals surface area contributed by atoms with Crippen LogP contribution in [0.2, 0.25) is 0 Å². The van der Waals surface area contributed by atoms with Gasteiger partial charge in [-0.05, 0) is 31.4 Å². The number of hydrogen-bond acceptors (Lipinski definition) is 3. The van der Waals surface area contributed by atoms with E-state index in [1.165, 1.54) is 0 Å². The molecule has 1 atom stereocenters. The van der Waals surface area contributed by atoms with Gasteiger partial charge in [0.2, 0.25) is 5.91 Å². The zero-order valence-electron chi connectivity index (χ0n) is 10.4. The molecule has 1 aromatic carbocycles. The molecule has 0 aromatic heterocycles. The standard InChI is InChI=1S/C14H18N2O2/c17-14-10-15-12-5-1-2-6-13(12)16(14)8-7-11-4-3-9-18-11/h1-2,5-6,11,15H,3-4,7-10H2. The number of fused-ring (bicyclic) bond motifs is 1. The van der Waals surface area contributed by atoms with E-state index in [2.05, 4.69) is 5.32 Å². The molecule has 18 heavy (non-hydrogen) atoms. The second kappa shape index (κ2) is 4.98. The molecule has 3 rings (SSSR count). The van der Waals surface area contributed by atoms with Crippen molar-refractivity contribution in [2.45, 2.75) is 25.4 Å². The number of carbonyl (C=O) groups excluding carboxylic acids is 1. The molecular weight excluding hydrogens is 228 g/mol. The second-order valence-corrected chi connectivity index (χ2v) is 4.84. The fourth-order valence-corrected chi connectivity index (χ4v) is 2.65. The summed E-state index contributed by atoms with van der Waals surface area (Å²) in [7, 11) is 0. The van der Waals surface area contributed by atoms with Gasteiger partial charge in [0.1, 0.15) is 0 Å². The molecule has 0 bridgehead atoms. The van der Waals surface area contributed by atoms with E-state index in [0.29, 0.717) is 12.6 Å². The molecule has 1 amide bonds. The highest BCUT2D eigenvalue weighted by molar-refractivity contribution is 6.02. The maximum absolute atomic E-state index is 12.0. The normalized spacial score (nSPS) is 22.8. The first-order valence-corrected chi connectivity index (χ1v) is 6.59. The zero-order valence-corrected chi connectivity index (χ0v) is 10.4. The van der Waals surface area contributed by atoms with E-state index in [4.69, 9.17) is 4.74 Å². The number of anilines is 2. The van der Waals surface area contributed by atoms with Gasteiger partial charge in [0.15, 0.2) is 0 Å². The summed E-state index contributed by atoms with van der Waals surface area (Å²) < 4.78 is 5.61. The monoisotopic (exact) mass is 246 g/mol. The molecule has 4 heteroatoms. The molecule has 1 fully saturated rings. The molecular formula is C14H18N2O2. The lowest BCUT2D eigenvalue weighted by molar-refractivity contribution is -0.117. The molecule has 2 heterocycles. The lowest BCUT2D eigenvalue weighted by Gasteiger charge is -2.30. The van der Waals surface area contributed by atoms with Crippen LogP contribution in [-0.4, -0.2) is 31.7 Å². The third-order valence-electron chi connectivity index (χ3n) is 3.62. The van der Waals surface area contributed by atoms with Crippen molar-refractivity contribution in [3.8, 4) is 0 Å². The predicted octanol–water partition coefficient (Wildman–Crippen LogP) is 2.01. The van der Waals surface area contributed by atoms with E-state index in [-0.39, 0.29) is 5.91 Å². The van der Waals surface area contributed by atoms with Crippen LogP contribution in [0.25, 0.3) is 0 Å². The smallest absolute Gasteiger partial charge is 0.246 e. The third-order valence-corrected chi connectivity index (χ3v) is 3.62. The highest BCUT2D eigenvalue weighted by Gasteiger charge is 2.25. The summed E-state index contributed by atoms with van der Waals surface area (Å²) in [5, 5.41) is 3.15. The van der Waals surface area contributed by atoms with Crippen LogP contribution in [0, 0.1) is 0 Å². The number of para-hydroxylation sites is 2. The number of amides is 1. The Hall–Kier alpha value is -1.55. The fraction of sp³-hybridized carbons (Fsp3) is 0.500. The molecule has 1 unspecified atom stereocenters. The molecule has 0 aliphatic carbocycles. The molecule has 1 aromatic rings. The number of carbonyl (C=O) groups is 1. The average molecular weight is 246 g/mol. The number of hydrogen-bond donors (Lipinski definition) is 1. The number of rotatable bonds is 3. The minimum absolute atomic E-state index is 0.145. The van der Waals surface area contributed by atoms with Gasteiger partial charge in [-0.15, -0.1) is 0 Å². The van der Waals surface area contributed by atoms with Crippen LogP contribution < -0.4 is 10.2 Å². The summed E-state index contributed by atoms with van der Waals surface area (Å²) in [6, 6.07) is 7.97. The van der Waals surface area contributed by atoms with Gasteiger partial charge < -0.3 is 15.0 Å². The number of nitrogens with one attached hydrogen (secondary N) is 1. The molecule has 0 radical (unpaired) electrons. The highest BCUT2D eigenvalue weighted by atomic mass is 16.5. The van der Waals surface area contributed by atoms with E-state index in [9.17, 15) is 4.79 Å². The number of benzene rings is 1. The summed E-state index contributed by atoms with van der Waals surface area (Å²) in [4.78, 5) is 13.9. The quantitative estimate of drug-likeness (QED) is 0.887. The summed E-state index contributed by atoms with van der Waals surface area (Å²) in [5.41, 5.74) is 2.04. The van der Waals surface area contributed by atoms with Crippen molar-refractivity contribution in [3.63, 3.8) is 0 Å². The Balaban J connectivity index is 1.71. The maximum Gasteiger partial charge on any atom is 0.246 e. The van der Waals surface area contributed by atoms with E-state index in [1.807, 2.05) is 29.2 Å². The summed E-state index contributed by atoms with van der Waals surface area (Å²) in [6.45, 7) is 2.02. The SMILES string of the molecule is O=C1CNc2ccccc2N1CCC1CCCO1. The first kappa shape index (κ1) is 11.5. The van der Waals surface area contributed by atoms with Gasteiger partial charge in [-0.1, -0.05) is 12.1 Å². The Morgan fingerprint density at radius 2 is 2.28 bits per heavy atom. The molecule has 2 aliphatic rings.